The zero-order valence-corrected chi connectivity index (χ0v) is 13.6. The highest BCUT2D eigenvalue weighted by atomic mass is 16.5. The van der Waals surface area contributed by atoms with Gasteiger partial charge in [-0.25, -0.2) is 9.97 Å². The van der Waals surface area contributed by atoms with Gasteiger partial charge < -0.3 is 10.1 Å². The van der Waals surface area contributed by atoms with Gasteiger partial charge in [0.05, 0.1) is 12.2 Å². The molecular formula is C17H27N3O. The topological polar surface area (TPSA) is 47.0 Å². The summed E-state index contributed by atoms with van der Waals surface area (Å²) in [7, 11) is 0. The number of nitrogens with one attached hydrogen (secondary N) is 1. The van der Waals surface area contributed by atoms with E-state index in [0.29, 0.717) is 17.8 Å². The van der Waals surface area contributed by atoms with Gasteiger partial charge in [0.15, 0.2) is 0 Å². The van der Waals surface area contributed by atoms with E-state index in [0.717, 1.165) is 43.3 Å². The summed E-state index contributed by atoms with van der Waals surface area (Å²) in [5.74, 6) is 3.21. The minimum Gasteiger partial charge on any atom is -0.477 e. The summed E-state index contributed by atoms with van der Waals surface area (Å²) in [6.45, 7) is 10.2. The zero-order chi connectivity index (χ0) is 15.2. The lowest BCUT2D eigenvalue weighted by Gasteiger charge is -2.26. The molecule has 116 valence electrons. The molecule has 21 heavy (non-hydrogen) atoms. The van der Waals surface area contributed by atoms with E-state index in [2.05, 4.69) is 55.1 Å². The first-order valence-electron chi connectivity index (χ1n) is 8.00. The van der Waals surface area contributed by atoms with Gasteiger partial charge in [-0.3, -0.25) is 0 Å². The number of nitrogens with zero attached hydrogens (tertiary/aromatic N) is 2. The first-order chi connectivity index (χ1) is 10.1. The molecule has 0 bridgehead atoms. The number of allylic oxidation sites excluding steroid dienone is 2. The maximum Gasteiger partial charge on any atom is 0.222 e. The summed E-state index contributed by atoms with van der Waals surface area (Å²) in [4.78, 5) is 8.71. The smallest absolute Gasteiger partial charge is 0.222 e. The van der Waals surface area contributed by atoms with Gasteiger partial charge in [-0.15, -0.1) is 0 Å². The molecule has 1 aliphatic carbocycles. The maximum absolute atomic E-state index is 6.07. The fourth-order valence-electron chi connectivity index (χ4n) is 2.75. The van der Waals surface area contributed by atoms with E-state index in [9.17, 15) is 0 Å². The summed E-state index contributed by atoms with van der Waals surface area (Å²) < 4.78 is 6.07. The quantitative estimate of drug-likeness (QED) is 0.804. The van der Waals surface area contributed by atoms with Crippen molar-refractivity contribution in [1.29, 1.82) is 0 Å². The van der Waals surface area contributed by atoms with E-state index in [1.807, 2.05) is 0 Å². The van der Waals surface area contributed by atoms with Crippen molar-refractivity contribution in [1.82, 2.24) is 9.97 Å². The van der Waals surface area contributed by atoms with Crippen LogP contribution in [0.2, 0.25) is 0 Å². The normalized spacial score (nSPS) is 21.6. The Kier molecular flexibility index (Phi) is 5.59. The van der Waals surface area contributed by atoms with Crippen molar-refractivity contribution in [2.75, 3.05) is 18.5 Å². The van der Waals surface area contributed by atoms with Crippen LogP contribution >= 0.6 is 0 Å². The van der Waals surface area contributed by atoms with Gasteiger partial charge in [0.1, 0.15) is 12.1 Å². The molecule has 0 aliphatic heterocycles. The van der Waals surface area contributed by atoms with Gasteiger partial charge in [-0.05, 0) is 37.5 Å². The van der Waals surface area contributed by atoms with Gasteiger partial charge in [0.2, 0.25) is 5.88 Å². The minimum atomic E-state index is 0.332. The summed E-state index contributed by atoms with van der Waals surface area (Å²) >= 11 is 0. The predicted octanol–water partition coefficient (Wildman–Crippen LogP) is 4.01. The number of hydrogen-bond donors (Lipinski definition) is 1. The predicted molar refractivity (Wildman–Crippen MR) is 86.8 cm³/mol. The van der Waals surface area contributed by atoms with E-state index >= 15 is 0 Å². The Labute approximate surface area is 128 Å². The molecule has 4 nitrogen and oxygen atoms in total. The van der Waals surface area contributed by atoms with Crippen molar-refractivity contribution < 1.29 is 4.74 Å². The van der Waals surface area contributed by atoms with Crippen LogP contribution in [-0.4, -0.2) is 23.1 Å². The number of hydrogen-bond acceptors (Lipinski definition) is 4. The van der Waals surface area contributed by atoms with E-state index < -0.39 is 0 Å². The molecule has 1 aliphatic rings. The molecule has 1 aromatic rings. The van der Waals surface area contributed by atoms with E-state index in [-0.39, 0.29) is 0 Å². The van der Waals surface area contributed by atoms with Crippen LogP contribution in [0.1, 0.15) is 52.0 Å². The van der Waals surface area contributed by atoms with Gasteiger partial charge in [0, 0.05) is 6.54 Å². The Balaban J connectivity index is 2.11. The van der Waals surface area contributed by atoms with Crippen LogP contribution in [0.4, 0.5) is 5.82 Å². The fraction of sp³-hybridized carbons (Fsp3) is 0.647. The number of aromatic nitrogens is 2. The van der Waals surface area contributed by atoms with Crippen LogP contribution in [0.25, 0.3) is 0 Å². The van der Waals surface area contributed by atoms with Crippen LogP contribution in [0.3, 0.4) is 0 Å². The molecule has 0 aromatic carbocycles. The van der Waals surface area contributed by atoms with Crippen molar-refractivity contribution in [3.8, 4) is 5.88 Å². The number of anilines is 1. The molecule has 0 saturated carbocycles. The van der Waals surface area contributed by atoms with Crippen molar-refractivity contribution in [3.05, 3.63) is 24.0 Å². The highest BCUT2D eigenvalue weighted by Crippen LogP contribution is 2.31. The van der Waals surface area contributed by atoms with Crippen LogP contribution in [-0.2, 0) is 0 Å². The van der Waals surface area contributed by atoms with Crippen LogP contribution < -0.4 is 10.1 Å². The number of ether oxygens (including phenoxy) is 1. The third kappa shape index (κ3) is 3.96. The summed E-state index contributed by atoms with van der Waals surface area (Å²) in [5, 5.41) is 3.30. The lowest BCUT2D eigenvalue weighted by molar-refractivity contribution is 0.190. The average Bonchev–Trinajstić information content (AvgIpc) is 2.46. The van der Waals surface area contributed by atoms with Crippen LogP contribution in [0.5, 0.6) is 5.88 Å². The molecule has 2 unspecified atom stereocenters. The van der Waals surface area contributed by atoms with Crippen molar-refractivity contribution in [3.63, 3.8) is 0 Å². The second-order valence-corrected chi connectivity index (χ2v) is 6.12. The maximum atomic E-state index is 6.07. The SMILES string of the molecule is CCNc1ncnc(OCC2CC=CCC2C)c1C(C)C. The molecular weight excluding hydrogens is 262 g/mol. The molecule has 0 saturated heterocycles. The van der Waals surface area contributed by atoms with Crippen LogP contribution in [0, 0.1) is 11.8 Å². The molecule has 1 aromatic heterocycles. The molecule has 0 amide bonds. The highest BCUT2D eigenvalue weighted by molar-refractivity contribution is 5.50. The fourth-order valence-corrected chi connectivity index (χ4v) is 2.75. The Morgan fingerprint density at radius 3 is 2.71 bits per heavy atom. The molecule has 0 fully saturated rings. The summed E-state index contributed by atoms with van der Waals surface area (Å²) in [6, 6.07) is 0. The third-order valence-electron chi connectivity index (χ3n) is 4.12. The summed E-state index contributed by atoms with van der Waals surface area (Å²) in [5.41, 5.74) is 1.08. The molecule has 0 spiro atoms. The van der Waals surface area contributed by atoms with Crippen molar-refractivity contribution >= 4 is 5.82 Å². The lowest BCUT2D eigenvalue weighted by Crippen LogP contribution is -2.22. The zero-order valence-electron chi connectivity index (χ0n) is 13.6. The van der Waals surface area contributed by atoms with E-state index in [1.165, 1.54) is 0 Å². The second-order valence-electron chi connectivity index (χ2n) is 6.12. The van der Waals surface area contributed by atoms with Gasteiger partial charge >= 0.3 is 0 Å². The van der Waals surface area contributed by atoms with Crippen molar-refractivity contribution in [2.24, 2.45) is 11.8 Å². The first-order valence-corrected chi connectivity index (χ1v) is 8.00. The Bertz CT molecular complexity index is 485. The third-order valence-corrected chi connectivity index (χ3v) is 4.12. The van der Waals surface area contributed by atoms with Gasteiger partial charge in [-0.1, -0.05) is 32.9 Å². The first kappa shape index (κ1) is 15.8. The summed E-state index contributed by atoms with van der Waals surface area (Å²) in [6.07, 6.45) is 8.38. The lowest BCUT2D eigenvalue weighted by atomic mass is 9.85. The Morgan fingerprint density at radius 2 is 2.05 bits per heavy atom. The molecule has 2 atom stereocenters. The molecule has 4 heteroatoms. The largest absolute Gasteiger partial charge is 0.477 e. The monoisotopic (exact) mass is 289 g/mol. The van der Waals surface area contributed by atoms with Gasteiger partial charge in [-0.2, -0.15) is 0 Å². The van der Waals surface area contributed by atoms with E-state index in [4.69, 9.17) is 4.74 Å². The second kappa shape index (κ2) is 7.43. The average molecular weight is 289 g/mol. The number of rotatable bonds is 6. The Hall–Kier alpha value is -1.58. The van der Waals surface area contributed by atoms with Gasteiger partial charge in [0.25, 0.3) is 0 Å². The van der Waals surface area contributed by atoms with E-state index in [1.54, 1.807) is 6.33 Å². The van der Waals surface area contributed by atoms with Crippen molar-refractivity contribution in [2.45, 2.75) is 46.5 Å². The molecule has 1 N–H and O–H groups in total. The standard InChI is InChI=1S/C17H27N3O/c1-5-18-16-15(12(2)3)17(20-11-19-16)21-10-14-9-7-6-8-13(14)4/h6-7,11-14H,5,8-10H2,1-4H3,(H,18,19,20). The molecule has 2 rings (SSSR count). The Morgan fingerprint density at radius 1 is 1.29 bits per heavy atom. The highest BCUT2D eigenvalue weighted by Gasteiger charge is 2.21. The molecule has 0 radical (unpaired) electrons. The van der Waals surface area contributed by atoms with Crippen LogP contribution in [0.15, 0.2) is 18.5 Å². The molecule has 1 heterocycles. The minimum absolute atomic E-state index is 0.332.